The Morgan fingerprint density at radius 3 is 1.48 bits per heavy atom. The monoisotopic (exact) mass is 301 g/mol. The topological polar surface area (TPSA) is 81.3 Å². The van der Waals surface area contributed by atoms with Crippen molar-refractivity contribution in [2.45, 2.75) is 19.0 Å². The predicted octanol–water partition coefficient (Wildman–Crippen LogP) is 3.25. The maximum atomic E-state index is 12.1. The molecule has 0 amide bonds. The average Bonchev–Trinajstić information content (AvgIpc) is 2.42. The van der Waals surface area contributed by atoms with Crippen LogP contribution < -0.4 is 0 Å². The average molecular weight is 301 g/mol. The van der Waals surface area contributed by atoms with Crippen LogP contribution in [0.1, 0.15) is 22.3 Å². The van der Waals surface area contributed by atoms with E-state index in [2.05, 4.69) is 0 Å². The molecule has 2 N–H and O–H groups in total. The van der Waals surface area contributed by atoms with E-state index in [0.717, 1.165) is 11.1 Å². The molecule has 0 unspecified atom stereocenters. The molecule has 0 saturated heterocycles. The highest BCUT2D eigenvalue weighted by atomic mass is 31.2. The summed E-state index contributed by atoms with van der Waals surface area (Å²) in [4.78, 5) is 19.7. The van der Waals surface area contributed by atoms with Gasteiger partial charge in [-0.2, -0.15) is 5.26 Å². The van der Waals surface area contributed by atoms with Gasteiger partial charge in [-0.25, -0.2) is 0 Å². The van der Waals surface area contributed by atoms with Crippen LogP contribution >= 0.6 is 7.60 Å². The van der Waals surface area contributed by atoms with Gasteiger partial charge in [0.15, 0.2) is 0 Å². The molecule has 0 aliphatic rings. The van der Waals surface area contributed by atoms with Crippen molar-refractivity contribution in [3.8, 4) is 6.07 Å². The van der Waals surface area contributed by atoms with E-state index in [9.17, 15) is 19.6 Å². The number of nitriles is 1. The second-order valence-electron chi connectivity index (χ2n) is 5.10. The summed E-state index contributed by atoms with van der Waals surface area (Å²) >= 11 is 0. The van der Waals surface area contributed by atoms with Crippen LogP contribution in [0.5, 0.6) is 0 Å². The first-order valence-corrected chi connectivity index (χ1v) is 8.03. The van der Waals surface area contributed by atoms with E-state index in [4.69, 9.17) is 0 Å². The Morgan fingerprint density at radius 2 is 1.24 bits per heavy atom. The van der Waals surface area contributed by atoms with Crippen LogP contribution in [-0.4, -0.2) is 9.79 Å². The third-order valence-electron chi connectivity index (χ3n) is 3.54. The molecule has 108 valence electrons. The van der Waals surface area contributed by atoms with Gasteiger partial charge in [0, 0.05) is 0 Å². The van der Waals surface area contributed by atoms with Crippen LogP contribution in [0.25, 0.3) is 0 Å². The molecule has 0 bridgehead atoms. The van der Waals surface area contributed by atoms with Crippen LogP contribution in [0.4, 0.5) is 0 Å². The summed E-state index contributed by atoms with van der Waals surface area (Å²) in [5, 5.41) is 7.64. The largest absolute Gasteiger partial charge is 0.354 e. The van der Waals surface area contributed by atoms with Crippen LogP contribution in [-0.2, 0) is 9.72 Å². The lowest BCUT2D eigenvalue weighted by Crippen LogP contribution is -2.26. The SMILES string of the molecule is Cc1ccc(C(C#N)(c2ccc(C)cc2)P(=O)(O)O)cc1. The second-order valence-corrected chi connectivity index (χ2v) is 6.86. The van der Waals surface area contributed by atoms with Gasteiger partial charge in [-0.15, -0.1) is 0 Å². The van der Waals surface area contributed by atoms with Crippen molar-refractivity contribution in [2.75, 3.05) is 0 Å². The van der Waals surface area contributed by atoms with Crippen LogP contribution in [0, 0.1) is 25.2 Å². The fourth-order valence-corrected chi connectivity index (χ4v) is 3.39. The Kier molecular flexibility index (Phi) is 4.02. The lowest BCUT2D eigenvalue weighted by molar-refractivity contribution is 0.353. The molecule has 0 radical (unpaired) electrons. The van der Waals surface area contributed by atoms with E-state index in [0.29, 0.717) is 11.1 Å². The third-order valence-corrected chi connectivity index (χ3v) is 5.03. The smallest absolute Gasteiger partial charge is 0.323 e. The summed E-state index contributed by atoms with van der Waals surface area (Å²) in [5.41, 5.74) is 2.51. The van der Waals surface area contributed by atoms with Gasteiger partial charge in [0.2, 0.25) is 5.16 Å². The minimum absolute atomic E-state index is 0.299. The molecule has 21 heavy (non-hydrogen) atoms. The first-order chi connectivity index (χ1) is 9.81. The zero-order chi connectivity index (χ0) is 15.7. The Balaban J connectivity index is 2.77. The minimum Gasteiger partial charge on any atom is -0.323 e. The standard InChI is InChI=1S/C16H16NO3P/c1-12-3-7-14(8-4-12)16(11-17,21(18,19)20)15-9-5-13(2)6-10-15/h3-10H,1-2H3,(H2,18,19,20). The van der Waals surface area contributed by atoms with E-state index in [-0.39, 0.29) is 0 Å². The number of nitrogens with zero attached hydrogens (tertiary/aromatic N) is 1. The summed E-state index contributed by atoms with van der Waals surface area (Å²) in [6.07, 6.45) is 0. The zero-order valence-corrected chi connectivity index (χ0v) is 12.7. The highest BCUT2D eigenvalue weighted by Gasteiger charge is 2.50. The number of rotatable bonds is 3. The Morgan fingerprint density at radius 1 is 0.905 bits per heavy atom. The van der Waals surface area contributed by atoms with E-state index < -0.39 is 12.8 Å². The molecule has 0 fully saturated rings. The van der Waals surface area contributed by atoms with Gasteiger partial charge >= 0.3 is 7.60 Å². The molecule has 0 aromatic heterocycles. The first kappa shape index (κ1) is 15.5. The van der Waals surface area contributed by atoms with Gasteiger partial charge in [0.05, 0.1) is 6.07 Å². The number of aryl methyl sites for hydroxylation is 2. The fourth-order valence-electron chi connectivity index (χ4n) is 2.29. The molecule has 4 nitrogen and oxygen atoms in total. The van der Waals surface area contributed by atoms with Gasteiger partial charge in [-0.05, 0) is 25.0 Å². The summed E-state index contributed by atoms with van der Waals surface area (Å²) in [6.45, 7) is 3.75. The zero-order valence-electron chi connectivity index (χ0n) is 11.8. The molecule has 2 aromatic rings. The van der Waals surface area contributed by atoms with E-state index >= 15 is 0 Å². The fraction of sp³-hybridized carbons (Fsp3) is 0.188. The van der Waals surface area contributed by atoms with Crippen LogP contribution in [0.2, 0.25) is 0 Å². The van der Waals surface area contributed by atoms with Gasteiger partial charge in [-0.1, -0.05) is 59.7 Å². The van der Waals surface area contributed by atoms with E-state index in [1.54, 1.807) is 48.5 Å². The van der Waals surface area contributed by atoms with Gasteiger partial charge < -0.3 is 9.79 Å². The first-order valence-electron chi connectivity index (χ1n) is 6.42. The molecular formula is C16H16NO3P. The lowest BCUT2D eigenvalue weighted by Gasteiger charge is -2.28. The maximum absolute atomic E-state index is 12.1. The molecule has 0 atom stereocenters. The predicted molar refractivity (Wildman–Crippen MR) is 80.8 cm³/mol. The Bertz CT molecular complexity index is 678. The van der Waals surface area contributed by atoms with Gasteiger partial charge in [0.1, 0.15) is 0 Å². The molecule has 2 rings (SSSR count). The van der Waals surface area contributed by atoms with Gasteiger partial charge in [0.25, 0.3) is 0 Å². The second kappa shape index (κ2) is 5.46. The molecule has 0 saturated carbocycles. The molecular weight excluding hydrogens is 285 g/mol. The summed E-state index contributed by atoms with van der Waals surface area (Å²) in [7, 11) is -4.74. The van der Waals surface area contributed by atoms with Crippen molar-refractivity contribution in [1.29, 1.82) is 5.26 Å². The summed E-state index contributed by atoms with van der Waals surface area (Å²) < 4.78 is 12.1. The third kappa shape index (κ3) is 2.64. The highest BCUT2D eigenvalue weighted by molar-refractivity contribution is 7.53. The maximum Gasteiger partial charge on any atom is 0.354 e. The molecule has 0 heterocycles. The van der Waals surface area contributed by atoms with Crippen LogP contribution in [0.3, 0.4) is 0 Å². The normalized spacial score (nSPS) is 12.0. The number of hydrogen-bond acceptors (Lipinski definition) is 2. The van der Waals surface area contributed by atoms with Crippen molar-refractivity contribution in [3.63, 3.8) is 0 Å². The quantitative estimate of drug-likeness (QED) is 0.853. The minimum atomic E-state index is -4.74. The van der Waals surface area contributed by atoms with E-state index in [1.165, 1.54) is 0 Å². The number of benzene rings is 2. The summed E-state index contributed by atoms with van der Waals surface area (Å²) in [5.74, 6) is 0. The number of hydrogen-bond donors (Lipinski definition) is 2. The van der Waals surface area contributed by atoms with Crippen molar-refractivity contribution in [2.24, 2.45) is 0 Å². The molecule has 2 aromatic carbocycles. The molecule has 0 aliphatic heterocycles. The Hall–Kier alpha value is -1.92. The van der Waals surface area contributed by atoms with E-state index in [1.807, 2.05) is 19.9 Å². The van der Waals surface area contributed by atoms with Crippen molar-refractivity contribution >= 4 is 7.60 Å². The summed E-state index contributed by atoms with van der Waals surface area (Å²) in [6, 6.07) is 15.2. The molecule has 5 heteroatoms. The van der Waals surface area contributed by atoms with Crippen molar-refractivity contribution in [1.82, 2.24) is 0 Å². The van der Waals surface area contributed by atoms with Crippen molar-refractivity contribution in [3.05, 3.63) is 70.8 Å². The molecule has 0 spiro atoms. The lowest BCUT2D eigenvalue weighted by atomic mass is 9.90. The molecule has 0 aliphatic carbocycles. The van der Waals surface area contributed by atoms with Crippen LogP contribution in [0.15, 0.2) is 48.5 Å². The highest BCUT2D eigenvalue weighted by Crippen LogP contribution is 2.60. The Labute approximate surface area is 123 Å². The van der Waals surface area contributed by atoms with Gasteiger partial charge in [-0.3, -0.25) is 4.57 Å². The van der Waals surface area contributed by atoms with Crippen molar-refractivity contribution < 1.29 is 14.4 Å².